The zero-order valence-electron chi connectivity index (χ0n) is 15.5. The molecule has 27 heavy (non-hydrogen) atoms. The summed E-state index contributed by atoms with van der Waals surface area (Å²) < 4.78 is 16.8. The van der Waals surface area contributed by atoms with Crippen molar-refractivity contribution in [3.8, 4) is 34.3 Å². The number of rotatable bonds is 4. The standard InChI is InChI=1S/C20H19N3O4/c1-10-15-16-13(9-14(25-2)18(26-3)19(16)27-4)17(21-20(15)23-22-10)11-5-7-12(24)8-6-11/h5-9,24H,1-4H3,(H,21,22,23). The summed E-state index contributed by atoms with van der Waals surface area (Å²) in [6, 6.07) is 8.77. The van der Waals surface area contributed by atoms with Crippen LogP contribution in [0.5, 0.6) is 23.0 Å². The van der Waals surface area contributed by atoms with Crippen LogP contribution in [0.1, 0.15) is 5.69 Å². The van der Waals surface area contributed by atoms with Gasteiger partial charge in [-0.25, -0.2) is 4.98 Å². The molecule has 4 aromatic rings. The predicted octanol–water partition coefficient (Wildman–Crippen LogP) is 3.82. The monoisotopic (exact) mass is 365 g/mol. The molecule has 7 nitrogen and oxygen atoms in total. The summed E-state index contributed by atoms with van der Waals surface area (Å²) in [5, 5.41) is 19.5. The summed E-state index contributed by atoms with van der Waals surface area (Å²) in [5.41, 5.74) is 3.03. The largest absolute Gasteiger partial charge is 0.508 e. The van der Waals surface area contributed by atoms with Gasteiger partial charge in [-0.05, 0) is 37.3 Å². The number of pyridine rings is 1. The van der Waals surface area contributed by atoms with E-state index in [0.29, 0.717) is 22.9 Å². The second-order valence-electron chi connectivity index (χ2n) is 6.11. The molecule has 0 fully saturated rings. The predicted molar refractivity (Wildman–Crippen MR) is 103 cm³/mol. The smallest absolute Gasteiger partial charge is 0.203 e. The fraction of sp³-hybridized carbons (Fsp3) is 0.200. The van der Waals surface area contributed by atoms with Crippen LogP contribution in [0.2, 0.25) is 0 Å². The van der Waals surface area contributed by atoms with E-state index in [4.69, 9.17) is 19.2 Å². The van der Waals surface area contributed by atoms with Gasteiger partial charge < -0.3 is 19.3 Å². The molecule has 0 saturated carbocycles. The van der Waals surface area contributed by atoms with E-state index in [1.54, 1.807) is 33.5 Å². The number of phenols is 1. The average molecular weight is 365 g/mol. The van der Waals surface area contributed by atoms with Crippen molar-refractivity contribution in [2.24, 2.45) is 0 Å². The summed E-state index contributed by atoms with van der Waals surface area (Å²) in [6.07, 6.45) is 0. The van der Waals surface area contributed by atoms with Gasteiger partial charge in [0.2, 0.25) is 5.75 Å². The molecule has 0 aliphatic rings. The second-order valence-corrected chi connectivity index (χ2v) is 6.11. The van der Waals surface area contributed by atoms with Crippen molar-refractivity contribution in [1.29, 1.82) is 0 Å². The molecule has 7 heteroatoms. The van der Waals surface area contributed by atoms with Gasteiger partial charge in [-0.3, -0.25) is 5.10 Å². The molecule has 2 N–H and O–H groups in total. The Morgan fingerprint density at radius 1 is 0.926 bits per heavy atom. The van der Waals surface area contributed by atoms with Gasteiger partial charge in [0.25, 0.3) is 0 Å². The lowest BCUT2D eigenvalue weighted by Gasteiger charge is -2.17. The van der Waals surface area contributed by atoms with Gasteiger partial charge in [-0.15, -0.1) is 0 Å². The Hall–Kier alpha value is -3.48. The van der Waals surface area contributed by atoms with Crippen LogP contribution >= 0.6 is 0 Å². The van der Waals surface area contributed by atoms with Crippen molar-refractivity contribution < 1.29 is 19.3 Å². The summed E-state index contributed by atoms with van der Waals surface area (Å²) in [7, 11) is 4.75. The first kappa shape index (κ1) is 17.0. The van der Waals surface area contributed by atoms with E-state index in [-0.39, 0.29) is 5.75 Å². The number of fused-ring (bicyclic) bond motifs is 3. The summed E-state index contributed by atoms with van der Waals surface area (Å²) >= 11 is 0. The third-order valence-electron chi connectivity index (χ3n) is 4.63. The molecule has 4 rings (SSSR count). The van der Waals surface area contributed by atoms with Crippen molar-refractivity contribution in [3.63, 3.8) is 0 Å². The van der Waals surface area contributed by atoms with E-state index in [2.05, 4.69) is 10.2 Å². The Labute approximate surface area is 155 Å². The first-order chi connectivity index (χ1) is 13.1. The molecule has 0 saturated heterocycles. The minimum absolute atomic E-state index is 0.193. The molecule has 0 atom stereocenters. The van der Waals surface area contributed by atoms with Crippen molar-refractivity contribution in [2.45, 2.75) is 6.92 Å². The molecule has 2 aromatic carbocycles. The van der Waals surface area contributed by atoms with Crippen LogP contribution < -0.4 is 14.2 Å². The number of nitrogens with one attached hydrogen (secondary N) is 1. The topological polar surface area (TPSA) is 89.5 Å². The van der Waals surface area contributed by atoms with E-state index in [1.165, 1.54) is 0 Å². The quantitative estimate of drug-likeness (QED) is 0.571. The number of nitrogens with zero attached hydrogens (tertiary/aromatic N) is 2. The number of aromatic hydroxyl groups is 1. The zero-order chi connectivity index (χ0) is 19.1. The summed E-state index contributed by atoms with van der Waals surface area (Å²) in [5.74, 6) is 1.81. The minimum atomic E-state index is 0.193. The molecule has 0 spiro atoms. The lowest BCUT2D eigenvalue weighted by molar-refractivity contribution is 0.327. The Bertz CT molecular complexity index is 1150. The van der Waals surface area contributed by atoms with E-state index < -0.39 is 0 Å². The number of ether oxygens (including phenoxy) is 3. The second kappa shape index (κ2) is 6.35. The number of H-pyrrole nitrogens is 1. The zero-order valence-corrected chi connectivity index (χ0v) is 15.5. The Kier molecular flexibility index (Phi) is 3.99. The molecular weight excluding hydrogens is 346 g/mol. The van der Waals surface area contributed by atoms with Crippen molar-refractivity contribution in [2.75, 3.05) is 21.3 Å². The van der Waals surface area contributed by atoms with E-state index >= 15 is 0 Å². The van der Waals surface area contributed by atoms with Gasteiger partial charge in [-0.1, -0.05) is 0 Å². The van der Waals surface area contributed by atoms with Crippen LogP contribution in [-0.4, -0.2) is 41.6 Å². The fourth-order valence-electron chi connectivity index (χ4n) is 3.40. The van der Waals surface area contributed by atoms with Crippen LogP contribution in [0.4, 0.5) is 0 Å². The van der Waals surface area contributed by atoms with Gasteiger partial charge in [0, 0.05) is 16.3 Å². The third kappa shape index (κ3) is 2.51. The van der Waals surface area contributed by atoms with E-state index in [9.17, 15) is 5.11 Å². The highest BCUT2D eigenvalue weighted by atomic mass is 16.5. The van der Waals surface area contributed by atoms with Gasteiger partial charge in [0.05, 0.1) is 38.1 Å². The number of aryl methyl sites for hydroxylation is 1. The van der Waals surface area contributed by atoms with Crippen LogP contribution in [0.25, 0.3) is 33.1 Å². The third-order valence-corrected chi connectivity index (χ3v) is 4.63. The maximum Gasteiger partial charge on any atom is 0.203 e. The van der Waals surface area contributed by atoms with Crippen LogP contribution in [0, 0.1) is 6.92 Å². The molecule has 138 valence electrons. The number of aromatic amines is 1. The molecule has 0 radical (unpaired) electrons. The van der Waals surface area contributed by atoms with Crippen molar-refractivity contribution in [3.05, 3.63) is 36.0 Å². The molecule has 0 bridgehead atoms. The molecule has 0 aliphatic carbocycles. The summed E-state index contributed by atoms with van der Waals surface area (Å²) in [4.78, 5) is 4.78. The van der Waals surface area contributed by atoms with Gasteiger partial charge >= 0.3 is 0 Å². The lowest BCUT2D eigenvalue weighted by atomic mass is 9.99. The Balaban J connectivity index is 2.23. The fourth-order valence-corrected chi connectivity index (χ4v) is 3.40. The van der Waals surface area contributed by atoms with Crippen molar-refractivity contribution >= 4 is 21.8 Å². The van der Waals surface area contributed by atoms with Crippen LogP contribution in [-0.2, 0) is 0 Å². The molecule has 2 heterocycles. The maximum atomic E-state index is 9.63. The number of methoxy groups -OCH3 is 3. The maximum absolute atomic E-state index is 9.63. The first-order valence-corrected chi connectivity index (χ1v) is 8.35. The number of hydrogen-bond donors (Lipinski definition) is 2. The highest BCUT2D eigenvalue weighted by molar-refractivity contribution is 6.15. The van der Waals surface area contributed by atoms with E-state index in [0.717, 1.165) is 33.1 Å². The van der Waals surface area contributed by atoms with Gasteiger partial charge in [0.1, 0.15) is 5.75 Å². The number of benzene rings is 2. The molecule has 2 aromatic heterocycles. The number of hydrogen-bond acceptors (Lipinski definition) is 6. The molecule has 0 aliphatic heterocycles. The van der Waals surface area contributed by atoms with Crippen molar-refractivity contribution in [1.82, 2.24) is 15.2 Å². The van der Waals surface area contributed by atoms with Gasteiger partial charge in [0.15, 0.2) is 17.1 Å². The highest BCUT2D eigenvalue weighted by Crippen LogP contribution is 2.48. The van der Waals surface area contributed by atoms with Gasteiger partial charge in [-0.2, -0.15) is 5.10 Å². The normalized spacial score (nSPS) is 11.1. The van der Waals surface area contributed by atoms with E-state index in [1.807, 2.05) is 25.1 Å². The molecule has 0 amide bonds. The first-order valence-electron chi connectivity index (χ1n) is 8.35. The summed E-state index contributed by atoms with van der Waals surface area (Å²) in [6.45, 7) is 1.91. The number of phenolic OH excluding ortho intramolecular Hbond substituents is 1. The van der Waals surface area contributed by atoms with Crippen LogP contribution in [0.3, 0.4) is 0 Å². The average Bonchev–Trinajstić information content (AvgIpc) is 3.06. The lowest BCUT2D eigenvalue weighted by Crippen LogP contribution is -1.98. The SMILES string of the molecule is COc1cc2c(-c3ccc(O)cc3)nc3[nH]nc(C)c3c2c(OC)c1OC. The molecule has 0 unspecified atom stereocenters. The Morgan fingerprint density at radius 2 is 1.63 bits per heavy atom. The highest BCUT2D eigenvalue weighted by Gasteiger charge is 2.23. The Morgan fingerprint density at radius 3 is 2.26 bits per heavy atom. The molecular formula is C20H19N3O4. The minimum Gasteiger partial charge on any atom is -0.508 e. The van der Waals surface area contributed by atoms with Crippen LogP contribution in [0.15, 0.2) is 30.3 Å². The number of aromatic nitrogens is 3.